The quantitative estimate of drug-likeness (QED) is 0.753. The number of nitrogens with two attached hydrogens (primary N) is 1. The van der Waals surface area contributed by atoms with Crippen molar-refractivity contribution in [3.8, 4) is 0 Å². The van der Waals surface area contributed by atoms with E-state index in [0.29, 0.717) is 13.1 Å². The van der Waals surface area contributed by atoms with Gasteiger partial charge in [0.05, 0.1) is 0 Å². The normalized spacial score (nSPS) is 17.0. The summed E-state index contributed by atoms with van der Waals surface area (Å²) in [7, 11) is 1.28. The van der Waals surface area contributed by atoms with Crippen molar-refractivity contribution in [2.24, 2.45) is 7.05 Å². The number of hydrogen-bond donors (Lipinski definition) is 1. The zero-order valence-electron chi connectivity index (χ0n) is 12.4. The Labute approximate surface area is 123 Å². The molecule has 1 aromatic rings. The average molecular weight is 316 g/mol. The number of carbonyl (C=O) groups is 1. The molecule has 10 heteroatoms. The van der Waals surface area contributed by atoms with Gasteiger partial charge in [-0.1, -0.05) is 0 Å². The van der Waals surface area contributed by atoms with Crippen molar-refractivity contribution >= 4 is 21.9 Å². The second kappa shape index (κ2) is 5.53. The number of nitrogens with zero attached hydrogens (tertiary/aromatic N) is 5. The zero-order valence-corrected chi connectivity index (χ0v) is 13.2. The minimum absolute atomic E-state index is 0.00991. The van der Waals surface area contributed by atoms with Crippen LogP contribution in [-0.4, -0.2) is 78.6 Å². The highest BCUT2D eigenvalue weighted by molar-refractivity contribution is 7.89. The van der Waals surface area contributed by atoms with Gasteiger partial charge in [0.1, 0.15) is 4.90 Å². The van der Waals surface area contributed by atoms with Crippen LogP contribution in [0.4, 0.5) is 10.6 Å². The molecule has 2 N–H and O–H groups in total. The van der Waals surface area contributed by atoms with E-state index in [1.54, 1.807) is 26.0 Å². The summed E-state index contributed by atoms with van der Waals surface area (Å²) in [6, 6.07) is -0.118. The molecule has 0 bridgehead atoms. The largest absolute Gasteiger partial charge is 0.381 e. The Bertz CT molecular complexity index is 630. The number of urea groups is 1. The summed E-state index contributed by atoms with van der Waals surface area (Å²) in [6.07, 6.45) is 1.39. The lowest BCUT2D eigenvalue weighted by Crippen LogP contribution is -2.52. The van der Waals surface area contributed by atoms with Crippen LogP contribution < -0.4 is 5.73 Å². The lowest BCUT2D eigenvalue weighted by molar-refractivity contribution is 0.149. The summed E-state index contributed by atoms with van der Waals surface area (Å²) in [4.78, 5) is 14.9. The third-order valence-electron chi connectivity index (χ3n) is 3.33. The van der Waals surface area contributed by atoms with Gasteiger partial charge in [-0.2, -0.15) is 9.40 Å². The van der Waals surface area contributed by atoms with Crippen LogP contribution in [0, 0.1) is 0 Å². The van der Waals surface area contributed by atoms with Gasteiger partial charge in [-0.3, -0.25) is 4.68 Å². The second-order valence-electron chi connectivity index (χ2n) is 5.12. The maximum Gasteiger partial charge on any atom is 0.319 e. The van der Waals surface area contributed by atoms with E-state index >= 15 is 0 Å². The van der Waals surface area contributed by atoms with Gasteiger partial charge in [-0.15, -0.1) is 0 Å². The van der Waals surface area contributed by atoms with Crippen molar-refractivity contribution < 1.29 is 13.2 Å². The molecule has 0 aliphatic carbocycles. The SMILES string of the molecule is CN(C)C(=O)N1CCN(S(=O)(=O)c2cn(C)nc2N)CC1. The number of nitrogen functional groups attached to an aromatic ring is 1. The minimum atomic E-state index is -3.67. The molecule has 118 valence electrons. The topological polar surface area (TPSA) is 105 Å². The number of amides is 2. The molecule has 0 aromatic carbocycles. The Balaban J connectivity index is 2.11. The van der Waals surface area contributed by atoms with E-state index in [0.717, 1.165) is 0 Å². The zero-order chi connectivity index (χ0) is 15.8. The van der Waals surface area contributed by atoms with Crippen LogP contribution in [0.1, 0.15) is 0 Å². The Kier molecular flexibility index (Phi) is 4.10. The van der Waals surface area contributed by atoms with Crippen molar-refractivity contribution in [2.75, 3.05) is 46.0 Å². The first-order valence-electron chi connectivity index (χ1n) is 6.49. The number of aromatic nitrogens is 2. The van der Waals surface area contributed by atoms with Crippen LogP contribution in [0.2, 0.25) is 0 Å². The van der Waals surface area contributed by atoms with Crippen LogP contribution in [0.25, 0.3) is 0 Å². The van der Waals surface area contributed by atoms with Crippen molar-refractivity contribution in [1.82, 2.24) is 23.9 Å². The summed E-state index contributed by atoms with van der Waals surface area (Å²) in [6.45, 7) is 1.21. The standard InChI is InChI=1S/C11H20N6O3S/c1-14(2)11(18)16-4-6-17(7-5-16)21(19,20)9-8-15(3)13-10(9)12/h8H,4-7H2,1-3H3,(H2,12,13). The van der Waals surface area contributed by atoms with Gasteiger partial charge in [-0.05, 0) is 0 Å². The minimum Gasteiger partial charge on any atom is -0.381 e. The molecule has 2 rings (SSSR count). The number of anilines is 1. The van der Waals surface area contributed by atoms with Crippen molar-refractivity contribution in [3.63, 3.8) is 0 Å². The molecule has 2 heterocycles. The number of carbonyl (C=O) groups excluding carboxylic acids is 1. The molecule has 1 saturated heterocycles. The van der Waals surface area contributed by atoms with E-state index in [-0.39, 0.29) is 29.8 Å². The molecule has 1 aromatic heterocycles. The van der Waals surface area contributed by atoms with Gasteiger partial charge in [-0.25, -0.2) is 13.2 Å². The second-order valence-corrected chi connectivity index (χ2v) is 7.03. The lowest BCUT2D eigenvalue weighted by Gasteiger charge is -2.35. The van der Waals surface area contributed by atoms with Crippen LogP contribution >= 0.6 is 0 Å². The first-order chi connectivity index (χ1) is 9.73. The van der Waals surface area contributed by atoms with Gasteiger partial charge >= 0.3 is 6.03 Å². The molecule has 1 aliphatic rings. The lowest BCUT2D eigenvalue weighted by atomic mass is 10.4. The molecular weight excluding hydrogens is 296 g/mol. The highest BCUT2D eigenvalue weighted by Gasteiger charge is 2.32. The predicted octanol–water partition coefficient (Wildman–Crippen LogP) is -1.01. The Morgan fingerprint density at radius 3 is 2.29 bits per heavy atom. The molecule has 0 unspecified atom stereocenters. The van der Waals surface area contributed by atoms with Crippen molar-refractivity contribution in [2.45, 2.75) is 4.90 Å². The molecule has 0 saturated carbocycles. The summed E-state index contributed by atoms with van der Waals surface area (Å²) < 4.78 is 27.7. The summed E-state index contributed by atoms with van der Waals surface area (Å²) in [5.74, 6) is -0.00991. The van der Waals surface area contributed by atoms with E-state index in [2.05, 4.69) is 5.10 Å². The number of hydrogen-bond acceptors (Lipinski definition) is 5. The van der Waals surface area contributed by atoms with Gasteiger partial charge in [0.2, 0.25) is 10.0 Å². The summed E-state index contributed by atoms with van der Waals surface area (Å²) in [5.41, 5.74) is 5.64. The molecule has 21 heavy (non-hydrogen) atoms. The van der Waals surface area contributed by atoms with E-state index in [4.69, 9.17) is 5.73 Å². The molecule has 2 amide bonds. The van der Waals surface area contributed by atoms with E-state index in [9.17, 15) is 13.2 Å². The van der Waals surface area contributed by atoms with Gasteiger partial charge < -0.3 is 15.5 Å². The number of sulfonamides is 1. The first kappa shape index (κ1) is 15.6. The fourth-order valence-electron chi connectivity index (χ4n) is 2.22. The van der Waals surface area contributed by atoms with Crippen LogP contribution in [0.3, 0.4) is 0 Å². The van der Waals surface area contributed by atoms with E-state index in [1.165, 1.54) is 20.1 Å². The molecule has 9 nitrogen and oxygen atoms in total. The smallest absolute Gasteiger partial charge is 0.319 e. The Hall–Kier alpha value is -1.81. The average Bonchev–Trinajstić information content (AvgIpc) is 2.77. The monoisotopic (exact) mass is 316 g/mol. The maximum atomic E-state index is 12.5. The van der Waals surface area contributed by atoms with Crippen molar-refractivity contribution in [3.05, 3.63) is 6.20 Å². The van der Waals surface area contributed by atoms with Crippen LogP contribution in [0.5, 0.6) is 0 Å². The molecule has 1 aliphatic heterocycles. The summed E-state index contributed by atoms with van der Waals surface area (Å²) >= 11 is 0. The highest BCUT2D eigenvalue weighted by atomic mass is 32.2. The van der Waals surface area contributed by atoms with Crippen LogP contribution in [0.15, 0.2) is 11.1 Å². The van der Waals surface area contributed by atoms with Crippen molar-refractivity contribution in [1.29, 1.82) is 0 Å². The first-order valence-corrected chi connectivity index (χ1v) is 7.93. The molecular formula is C11H20N6O3S. The fraction of sp³-hybridized carbons (Fsp3) is 0.636. The Morgan fingerprint density at radius 1 is 1.29 bits per heavy atom. The Morgan fingerprint density at radius 2 is 1.86 bits per heavy atom. The number of rotatable bonds is 2. The molecule has 0 radical (unpaired) electrons. The maximum absolute atomic E-state index is 12.5. The number of aryl methyl sites for hydroxylation is 1. The van der Waals surface area contributed by atoms with E-state index < -0.39 is 10.0 Å². The van der Waals surface area contributed by atoms with Gasteiger partial charge in [0.15, 0.2) is 5.82 Å². The summed E-state index contributed by atoms with van der Waals surface area (Å²) in [5, 5.41) is 3.86. The third kappa shape index (κ3) is 2.95. The molecule has 0 atom stereocenters. The highest BCUT2D eigenvalue weighted by Crippen LogP contribution is 2.22. The third-order valence-corrected chi connectivity index (χ3v) is 5.25. The van der Waals surface area contributed by atoms with Gasteiger partial charge in [0.25, 0.3) is 0 Å². The predicted molar refractivity (Wildman–Crippen MR) is 77.0 cm³/mol. The van der Waals surface area contributed by atoms with E-state index in [1.807, 2.05) is 0 Å². The molecule has 0 spiro atoms. The fourth-order valence-corrected chi connectivity index (χ4v) is 3.74. The number of piperazine rings is 1. The van der Waals surface area contributed by atoms with Gasteiger partial charge in [0, 0.05) is 53.5 Å². The molecule has 1 fully saturated rings. The van der Waals surface area contributed by atoms with Crippen LogP contribution in [-0.2, 0) is 17.1 Å².